The predicted molar refractivity (Wildman–Crippen MR) is 102 cm³/mol. The van der Waals surface area contributed by atoms with Crippen LogP contribution in [0, 0.1) is 0 Å². The third kappa shape index (κ3) is 4.17. The van der Waals surface area contributed by atoms with Crippen molar-refractivity contribution in [2.24, 2.45) is 0 Å². The number of hydrogen-bond donors (Lipinski definition) is 0. The van der Waals surface area contributed by atoms with Crippen LogP contribution in [0.5, 0.6) is 0 Å². The summed E-state index contributed by atoms with van der Waals surface area (Å²) in [4.78, 5) is 27.7. The average Bonchev–Trinajstić information content (AvgIpc) is 3.11. The molecule has 132 valence electrons. The van der Waals surface area contributed by atoms with E-state index in [1.54, 1.807) is 6.07 Å². The van der Waals surface area contributed by atoms with Gasteiger partial charge in [0, 0.05) is 24.4 Å². The fourth-order valence-corrected chi connectivity index (χ4v) is 4.54. The van der Waals surface area contributed by atoms with E-state index in [0.29, 0.717) is 30.9 Å². The second kappa shape index (κ2) is 8.71. The number of ether oxygens (including phenoxy) is 2. The van der Waals surface area contributed by atoms with Crippen LogP contribution in [0.2, 0.25) is 0 Å². The Labute approximate surface area is 155 Å². The molecule has 2 aliphatic rings. The minimum Gasteiger partial charge on any atom is -0.361 e. The van der Waals surface area contributed by atoms with Gasteiger partial charge in [0.05, 0.1) is 23.0 Å². The Morgan fingerprint density at radius 1 is 1.12 bits per heavy atom. The SMILES string of the molecule is CCOCOCCN1CC(=O)C(=C2SC=CS2)C(=O)c2ccccc21. The zero-order valence-corrected chi connectivity index (χ0v) is 15.5. The maximum absolute atomic E-state index is 13.0. The Hall–Kier alpha value is -1.54. The lowest BCUT2D eigenvalue weighted by Gasteiger charge is -2.23. The molecular formula is C18H19NO4S2. The van der Waals surface area contributed by atoms with Crippen molar-refractivity contribution in [1.29, 1.82) is 0 Å². The molecule has 0 N–H and O–H groups in total. The smallest absolute Gasteiger partial charge is 0.200 e. The summed E-state index contributed by atoms with van der Waals surface area (Å²) in [6.07, 6.45) is 0. The first-order valence-corrected chi connectivity index (χ1v) is 9.78. The molecule has 2 aliphatic heterocycles. The molecule has 0 unspecified atom stereocenters. The highest BCUT2D eigenvalue weighted by atomic mass is 32.2. The Kier molecular flexibility index (Phi) is 6.36. The maximum atomic E-state index is 13.0. The van der Waals surface area contributed by atoms with Crippen LogP contribution in [0.1, 0.15) is 17.3 Å². The number of hydrogen-bond acceptors (Lipinski definition) is 7. The number of fused-ring (bicyclic) bond motifs is 1. The van der Waals surface area contributed by atoms with Crippen molar-refractivity contribution in [3.63, 3.8) is 0 Å². The van der Waals surface area contributed by atoms with Crippen LogP contribution in [-0.4, -0.2) is 44.7 Å². The van der Waals surface area contributed by atoms with E-state index >= 15 is 0 Å². The van der Waals surface area contributed by atoms with Gasteiger partial charge in [-0.3, -0.25) is 9.59 Å². The van der Waals surface area contributed by atoms with Gasteiger partial charge in [-0.25, -0.2) is 0 Å². The van der Waals surface area contributed by atoms with Gasteiger partial charge < -0.3 is 14.4 Å². The first-order valence-electron chi connectivity index (χ1n) is 8.02. The van der Waals surface area contributed by atoms with Crippen molar-refractivity contribution in [2.45, 2.75) is 6.92 Å². The summed E-state index contributed by atoms with van der Waals surface area (Å²) in [5.74, 6) is -0.346. The van der Waals surface area contributed by atoms with Crippen LogP contribution in [-0.2, 0) is 14.3 Å². The summed E-state index contributed by atoms with van der Waals surface area (Å²) in [7, 11) is 0. The molecule has 0 amide bonds. The molecule has 1 aromatic rings. The lowest BCUT2D eigenvalue weighted by atomic mass is 10.0. The number of benzene rings is 1. The highest BCUT2D eigenvalue weighted by Gasteiger charge is 2.32. The molecule has 0 aliphatic carbocycles. The summed E-state index contributed by atoms with van der Waals surface area (Å²) in [6.45, 7) is 3.84. The van der Waals surface area contributed by atoms with Crippen molar-refractivity contribution in [1.82, 2.24) is 0 Å². The van der Waals surface area contributed by atoms with Gasteiger partial charge in [-0.2, -0.15) is 0 Å². The van der Waals surface area contributed by atoms with E-state index in [4.69, 9.17) is 9.47 Å². The number of thioether (sulfide) groups is 2. The number of carbonyl (C=O) groups is 2. The third-order valence-electron chi connectivity index (χ3n) is 3.82. The van der Waals surface area contributed by atoms with E-state index in [2.05, 4.69) is 0 Å². The Bertz CT molecular complexity index is 720. The largest absolute Gasteiger partial charge is 0.361 e. The monoisotopic (exact) mass is 377 g/mol. The zero-order chi connectivity index (χ0) is 17.6. The quantitative estimate of drug-likeness (QED) is 0.326. The summed E-state index contributed by atoms with van der Waals surface area (Å²) in [5.41, 5.74) is 1.64. The van der Waals surface area contributed by atoms with Crippen LogP contribution >= 0.6 is 23.5 Å². The Morgan fingerprint density at radius 2 is 1.88 bits per heavy atom. The van der Waals surface area contributed by atoms with Crippen molar-refractivity contribution in [3.05, 3.63) is 50.5 Å². The first kappa shape index (κ1) is 18.3. The van der Waals surface area contributed by atoms with Crippen LogP contribution < -0.4 is 4.90 Å². The second-order valence-corrected chi connectivity index (χ2v) is 7.47. The maximum Gasteiger partial charge on any atom is 0.200 e. The lowest BCUT2D eigenvalue weighted by molar-refractivity contribution is -0.114. The number of para-hydroxylation sites is 1. The first-order chi connectivity index (χ1) is 12.2. The van der Waals surface area contributed by atoms with Gasteiger partial charge >= 0.3 is 0 Å². The Balaban J connectivity index is 1.85. The van der Waals surface area contributed by atoms with Crippen LogP contribution in [0.25, 0.3) is 0 Å². The fourth-order valence-electron chi connectivity index (χ4n) is 2.65. The fraction of sp³-hybridized carbons (Fsp3) is 0.333. The minimum absolute atomic E-state index is 0.148. The summed E-state index contributed by atoms with van der Waals surface area (Å²) >= 11 is 2.86. The molecule has 0 saturated heterocycles. The number of anilines is 1. The molecule has 7 heteroatoms. The molecule has 3 rings (SSSR count). The third-order valence-corrected chi connectivity index (χ3v) is 5.95. The number of rotatable bonds is 6. The number of ketones is 2. The molecule has 5 nitrogen and oxygen atoms in total. The molecule has 1 aromatic carbocycles. The van der Waals surface area contributed by atoms with Gasteiger partial charge in [-0.15, -0.1) is 0 Å². The molecule has 0 spiro atoms. The number of Topliss-reactive ketones (excluding diaryl/α,β-unsaturated/α-hetero) is 2. The highest BCUT2D eigenvalue weighted by molar-refractivity contribution is 8.27. The predicted octanol–water partition coefficient (Wildman–Crippen LogP) is 3.43. The van der Waals surface area contributed by atoms with Crippen LogP contribution in [0.15, 0.2) is 44.9 Å². The molecule has 0 atom stereocenters. The molecule has 0 radical (unpaired) electrons. The molecular weight excluding hydrogens is 358 g/mol. The van der Waals surface area contributed by atoms with Crippen molar-refractivity contribution in [2.75, 3.05) is 38.0 Å². The highest BCUT2D eigenvalue weighted by Crippen LogP contribution is 2.42. The van der Waals surface area contributed by atoms with E-state index in [-0.39, 0.29) is 24.9 Å². The van der Waals surface area contributed by atoms with Crippen molar-refractivity contribution in [3.8, 4) is 0 Å². The van der Waals surface area contributed by atoms with E-state index in [9.17, 15) is 9.59 Å². The molecule has 0 bridgehead atoms. The summed E-state index contributed by atoms with van der Waals surface area (Å²) < 4.78 is 11.4. The van der Waals surface area contributed by atoms with Gasteiger partial charge in [0.25, 0.3) is 0 Å². The van der Waals surface area contributed by atoms with Gasteiger partial charge in [0.1, 0.15) is 6.79 Å². The Morgan fingerprint density at radius 3 is 2.64 bits per heavy atom. The van der Waals surface area contributed by atoms with Crippen LogP contribution in [0.4, 0.5) is 5.69 Å². The second-order valence-electron chi connectivity index (χ2n) is 5.38. The molecule has 0 aromatic heterocycles. The molecule has 0 fully saturated rings. The molecule has 25 heavy (non-hydrogen) atoms. The molecule has 0 saturated carbocycles. The lowest BCUT2D eigenvalue weighted by Crippen LogP contribution is -2.32. The standard InChI is InChI=1S/C18H19NO4S2/c1-2-22-12-23-8-7-19-11-15(20)16(18-24-9-10-25-18)17(21)13-5-3-4-6-14(13)19/h3-6,9-10H,2,7-8,11-12H2,1H3. The average molecular weight is 377 g/mol. The molecule has 2 heterocycles. The summed E-state index contributed by atoms with van der Waals surface area (Å²) in [5, 5.41) is 3.79. The van der Waals surface area contributed by atoms with E-state index in [1.165, 1.54) is 23.5 Å². The minimum atomic E-state index is -0.197. The van der Waals surface area contributed by atoms with Crippen molar-refractivity contribution >= 4 is 40.8 Å². The van der Waals surface area contributed by atoms with Crippen molar-refractivity contribution < 1.29 is 19.1 Å². The van der Waals surface area contributed by atoms with Gasteiger partial charge in [-0.1, -0.05) is 35.7 Å². The number of carbonyl (C=O) groups excluding carboxylic acids is 2. The van der Waals surface area contributed by atoms with Gasteiger partial charge in [-0.05, 0) is 29.9 Å². The van der Waals surface area contributed by atoms with Crippen LogP contribution in [0.3, 0.4) is 0 Å². The summed E-state index contributed by atoms with van der Waals surface area (Å²) in [6, 6.07) is 7.36. The number of nitrogens with zero attached hydrogens (tertiary/aromatic N) is 1. The zero-order valence-electron chi connectivity index (χ0n) is 13.9. The topological polar surface area (TPSA) is 55.8 Å². The van der Waals surface area contributed by atoms with E-state index in [0.717, 1.165) is 9.92 Å². The van der Waals surface area contributed by atoms with E-state index < -0.39 is 0 Å². The van der Waals surface area contributed by atoms with Gasteiger partial charge in [0.2, 0.25) is 0 Å². The normalized spacial score (nSPS) is 17.2. The van der Waals surface area contributed by atoms with Gasteiger partial charge in [0.15, 0.2) is 11.6 Å². The van der Waals surface area contributed by atoms with E-state index in [1.807, 2.05) is 40.8 Å².